The lowest BCUT2D eigenvalue weighted by molar-refractivity contribution is 0.459. The summed E-state index contributed by atoms with van der Waals surface area (Å²) in [5, 5.41) is 0. The van der Waals surface area contributed by atoms with Crippen molar-refractivity contribution in [2.24, 2.45) is 5.41 Å². The largest absolute Gasteiger partial charge is 0.212 e. The first-order valence-corrected chi connectivity index (χ1v) is 6.37. The maximum Gasteiger partial charge on any atom is 0.212 e. The lowest BCUT2D eigenvalue weighted by Crippen LogP contribution is -2.32. The van der Waals surface area contributed by atoms with Crippen LogP contribution in [0.2, 0.25) is 0 Å². The third kappa shape index (κ3) is 8.46. The Hall–Kier alpha value is 0.130. The van der Waals surface area contributed by atoms with Crippen LogP contribution in [-0.2, 0) is 10.0 Å². The highest BCUT2D eigenvalue weighted by Crippen LogP contribution is 2.15. The Labute approximate surface area is 88.8 Å². The van der Waals surface area contributed by atoms with E-state index in [0.29, 0.717) is 4.48 Å². The maximum atomic E-state index is 11.4. The van der Waals surface area contributed by atoms with Gasteiger partial charge in [0.25, 0.3) is 0 Å². The van der Waals surface area contributed by atoms with Gasteiger partial charge in [0.1, 0.15) is 0 Å². The molecule has 0 aliphatic heterocycles. The highest BCUT2D eigenvalue weighted by molar-refractivity contribution is 9.11. The van der Waals surface area contributed by atoms with E-state index in [2.05, 4.69) is 27.2 Å². The minimum atomic E-state index is -3.18. The number of halogens is 1. The smallest absolute Gasteiger partial charge is 0.212 e. The van der Waals surface area contributed by atoms with Crippen LogP contribution in [0.25, 0.3) is 0 Å². The van der Waals surface area contributed by atoms with Crippen molar-refractivity contribution in [1.82, 2.24) is 4.72 Å². The van der Waals surface area contributed by atoms with E-state index >= 15 is 0 Å². The van der Waals surface area contributed by atoms with Gasteiger partial charge in [0.15, 0.2) is 0 Å². The van der Waals surface area contributed by atoms with E-state index in [1.807, 2.05) is 20.8 Å². The average molecular weight is 270 g/mol. The molecule has 0 aromatic rings. The van der Waals surface area contributed by atoms with E-state index in [0.717, 1.165) is 0 Å². The zero-order valence-corrected chi connectivity index (χ0v) is 10.6. The van der Waals surface area contributed by atoms with Crippen molar-refractivity contribution in [2.45, 2.75) is 20.8 Å². The van der Waals surface area contributed by atoms with Crippen LogP contribution in [0.4, 0.5) is 0 Å². The molecule has 13 heavy (non-hydrogen) atoms. The zero-order chi connectivity index (χ0) is 10.7. The summed E-state index contributed by atoms with van der Waals surface area (Å²) in [6.45, 7) is 9.45. The Morgan fingerprint density at radius 3 is 2.23 bits per heavy atom. The molecular weight excluding hydrogens is 254 g/mol. The third-order valence-corrected chi connectivity index (χ3v) is 3.22. The summed E-state index contributed by atoms with van der Waals surface area (Å²) in [4.78, 5) is 0. The van der Waals surface area contributed by atoms with Crippen molar-refractivity contribution in [3.05, 3.63) is 11.1 Å². The van der Waals surface area contributed by atoms with Crippen LogP contribution < -0.4 is 4.72 Å². The van der Waals surface area contributed by atoms with Gasteiger partial charge in [-0.05, 0) is 5.41 Å². The summed E-state index contributed by atoms with van der Waals surface area (Å²) in [6.07, 6.45) is 0. The molecule has 0 heterocycles. The quantitative estimate of drug-likeness (QED) is 0.847. The number of sulfonamides is 1. The van der Waals surface area contributed by atoms with E-state index in [-0.39, 0.29) is 17.7 Å². The van der Waals surface area contributed by atoms with Crippen LogP contribution in [0, 0.1) is 5.41 Å². The van der Waals surface area contributed by atoms with Gasteiger partial charge in [-0.25, -0.2) is 13.1 Å². The molecule has 0 saturated heterocycles. The summed E-state index contributed by atoms with van der Waals surface area (Å²) >= 11 is 3.09. The van der Waals surface area contributed by atoms with E-state index in [1.54, 1.807) is 0 Å². The minimum Gasteiger partial charge on any atom is -0.212 e. The van der Waals surface area contributed by atoms with E-state index < -0.39 is 10.0 Å². The van der Waals surface area contributed by atoms with Crippen molar-refractivity contribution in [1.29, 1.82) is 0 Å². The lowest BCUT2D eigenvalue weighted by atomic mass is 10.0. The van der Waals surface area contributed by atoms with Gasteiger partial charge in [-0.15, -0.1) is 0 Å². The van der Waals surface area contributed by atoms with Crippen LogP contribution >= 0.6 is 15.9 Å². The molecule has 78 valence electrons. The summed E-state index contributed by atoms with van der Waals surface area (Å²) in [6, 6.07) is 0. The molecule has 1 N–H and O–H groups in total. The van der Waals surface area contributed by atoms with Crippen LogP contribution in [-0.4, -0.2) is 20.7 Å². The SMILES string of the molecule is C=C(Br)CNS(=O)(=O)CC(C)(C)C. The first kappa shape index (κ1) is 13.1. The summed E-state index contributed by atoms with van der Waals surface area (Å²) < 4.78 is 25.8. The van der Waals surface area contributed by atoms with Gasteiger partial charge in [0.2, 0.25) is 10.0 Å². The maximum absolute atomic E-state index is 11.4. The molecule has 0 fully saturated rings. The lowest BCUT2D eigenvalue weighted by Gasteiger charge is -2.18. The summed E-state index contributed by atoms with van der Waals surface area (Å²) in [5.41, 5.74) is -0.223. The van der Waals surface area contributed by atoms with Crippen LogP contribution in [0.5, 0.6) is 0 Å². The highest BCUT2D eigenvalue weighted by atomic mass is 79.9. The first-order valence-electron chi connectivity index (χ1n) is 3.93. The fourth-order valence-electron chi connectivity index (χ4n) is 0.809. The predicted molar refractivity (Wildman–Crippen MR) is 59.3 cm³/mol. The second kappa shape index (κ2) is 4.57. The zero-order valence-electron chi connectivity index (χ0n) is 8.22. The van der Waals surface area contributed by atoms with Gasteiger partial charge in [0.05, 0.1) is 5.75 Å². The predicted octanol–water partition coefficient (Wildman–Crippen LogP) is 1.86. The van der Waals surface area contributed by atoms with Crippen molar-refractivity contribution in [3.8, 4) is 0 Å². The Balaban J connectivity index is 4.19. The second-order valence-corrected chi connectivity index (χ2v) is 7.09. The molecule has 0 aromatic carbocycles. The molecule has 0 aliphatic rings. The van der Waals surface area contributed by atoms with Crippen molar-refractivity contribution in [3.63, 3.8) is 0 Å². The Bertz CT molecular complexity index is 277. The molecule has 0 aliphatic carbocycles. The molecule has 0 amide bonds. The van der Waals surface area contributed by atoms with Gasteiger partial charge in [0, 0.05) is 11.0 Å². The molecule has 0 saturated carbocycles. The van der Waals surface area contributed by atoms with Crippen molar-refractivity contribution >= 4 is 26.0 Å². The van der Waals surface area contributed by atoms with Gasteiger partial charge in [-0.3, -0.25) is 0 Å². The number of hydrogen-bond donors (Lipinski definition) is 1. The topological polar surface area (TPSA) is 46.2 Å². The Morgan fingerprint density at radius 1 is 1.46 bits per heavy atom. The fourth-order valence-corrected chi connectivity index (χ4v) is 2.77. The molecule has 0 bridgehead atoms. The Kier molecular flexibility index (Phi) is 4.62. The average Bonchev–Trinajstić information content (AvgIpc) is 1.78. The molecule has 5 heteroatoms. The summed E-state index contributed by atoms with van der Waals surface area (Å²) in [5.74, 6) is 0.125. The van der Waals surface area contributed by atoms with Crippen molar-refractivity contribution < 1.29 is 8.42 Å². The van der Waals surface area contributed by atoms with Gasteiger partial charge < -0.3 is 0 Å². The summed E-state index contributed by atoms with van der Waals surface area (Å²) in [7, 11) is -3.18. The molecular formula is C8H16BrNO2S. The fraction of sp³-hybridized carbons (Fsp3) is 0.750. The normalized spacial score (nSPS) is 12.9. The van der Waals surface area contributed by atoms with Gasteiger partial charge in [-0.1, -0.05) is 43.3 Å². The van der Waals surface area contributed by atoms with E-state index in [1.165, 1.54) is 0 Å². The molecule has 0 atom stereocenters. The molecule has 0 unspecified atom stereocenters. The Morgan fingerprint density at radius 2 is 1.92 bits per heavy atom. The number of hydrogen-bond acceptors (Lipinski definition) is 2. The molecule has 0 spiro atoms. The molecule has 0 aromatic heterocycles. The third-order valence-electron chi connectivity index (χ3n) is 1.11. The van der Waals surface area contributed by atoms with Crippen LogP contribution in [0.15, 0.2) is 11.1 Å². The number of nitrogens with one attached hydrogen (secondary N) is 1. The van der Waals surface area contributed by atoms with Gasteiger partial charge >= 0.3 is 0 Å². The molecule has 0 rings (SSSR count). The minimum absolute atomic E-state index is 0.125. The number of rotatable bonds is 4. The van der Waals surface area contributed by atoms with Crippen molar-refractivity contribution in [2.75, 3.05) is 12.3 Å². The van der Waals surface area contributed by atoms with Crippen LogP contribution in [0.1, 0.15) is 20.8 Å². The first-order chi connectivity index (χ1) is 5.62. The molecule has 3 nitrogen and oxygen atoms in total. The molecule has 0 radical (unpaired) electrons. The van der Waals surface area contributed by atoms with E-state index in [4.69, 9.17) is 0 Å². The van der Waals surface area contributed by atoms with Crippen LogP contribution in [0.3, 0.4) is 0 Å². The standard InChI is InChI=1S/C8H16BrNO2S/c1-7(9)5-10-13(11,12)6-8(2,3)4/h10H,1,5-6H2,2-4H3. The second-order valence-electron chi connectivity index (χ2n) is 4.16. The van der Waals surface area contributed by atoms with Gasteiger partial charge in [-0.2, -0.15) is 0 Å². The highest BCUT2D eigenvalue weighted by Gasteiger charge is 2.20. The monoisotopic (exact) mass is 269 g/mol. The van der Waals surface area contributed by atoms with E-state index in [9.17, 15) is 8.42 Å².